The quantitative estimate of drug-likeness (QED) is 0.347. The van der Waals surface area contributed by atoms with Gasteiger partial charge in [0.25, 0.3) is 0 Å². The van der Waals surface area contributed by atoms with Crippen molar-refractivity contribution >= 4 is 29.0 Å². The molecule has 0 bridgehead atoms. The highest BCUT2D eigenvalue weighted by Crippen LogP contribution is 2.46. The molecule has 0 atom stereocenters. The van der Waals surface area contributed by atoms with Crippen LogP contribution in [-0.2, 0) is 4.79 Å². The Hall–Kier alpha value is -1.82. The van der Waals surface area contributed by atoms with Crippen molar-refractivity contribution in [3.63, 3.8) is 0 Å². The number of nitrogens with one attached hydrogen (secondary N) is 1. The SMILES string of the molecule is CC1CC(C(=O)Nc2ccc(Cl)cc2F)(/C(N)=N/O)C1. The zero-order chi connectivity index (χ0) is 14.9. The van der Waals surface area contributed by atoms with Gasteiger partial charge in [0.2, 0.25) is 5.91 Å². The monoisotopic (exact) mass is 299 g/mol. The average Bonchev–Trinajstić information content (AvgIpc) is 2.37. The largest absolute Gasteiger partial charge is 0.409 e. The number of anilines is 1. The number of carbonyl (C=O) groups is 1. The Morgan fingerprint density at radius 2 is 2.25 bits per heavy atom. The van der Waals surface area contributed by atoms with Crippen LogP contribution in [0, 0.1) is 17.2 Å². The molecule has 0 radical (unpaired) electrons. The predicted octanol–water partition coefficient (Wildman–Crippen LogP) is 2.58. The van der Waals surface area contributed by atoms with E-state index in [4.69, 9.17) is 22.5 Å². The van der Waals surface area contributed by atoms with Crippen LogP contribution in [0.1, 0.15) is 19.8 Å². The Labute approximate surface area is 120 Å². The van der Waals surface area contributed by atoms with E-state index in [-0.39, 0.29) is 22.5 Å². The van der Waals surface area contributed by atoms with Crippen LogP contribution in [0.4, 0.5) is 10.1 Å². The van der Waals surface area contributed by atoms with E-state index in [0.29, 0.717) is 12.8 Å². The number of rotatable bonds is 3. The number of carbonyl (C=O) groups excluding carboxylic acids is 1. The summed E-state index contributed by atoms with van der Waals surface area (Å²) in [4.78, 5) is 12.3. The highest BCUT2D eigenvalue weighted by atomic mass is 35.5. The minimum Gasteiger partial charge on any atom is -0.409 e. The molecule has 1 aromatic carbocycles. The third-order valence-corrected chi connectivity index (χ3v) is 3.84. The summed E-state index contributed by atoms with van der Waals surface area (Å²) in [6.07, 6.45) is 0.924. The van der Waals surface area contributed by atoms with Gasteiger partial charge in [-0.3, -0.25) is 4.79 Å². The Morgan fingerprint density at radius 1 is 1.60 bits per heavy atom. The molecule has 20 heavy (non-hydrogen) atoms. The van der Waals surface area contributed by atoms with Crippen molar-refractivity contribution in [3.05, 3.63) is 29.0 Å². The molecule has 1 saturated carbocycles. The van der Waals surface area contributed by atoms with Gasteiger partial charge in [0.15, 0.2) is 5.84 Å². The summed E-state index contributed by atoms with van der Waals surface area (Å²) in [5.41, 5.74) is 4.56. The van der Waals surface area contributed by atoms with Gasteiger partial charge in [-0.05, 0) is 37.0 Å². The van der Waals surface area contributed by atoms with Crippen LogP contribution in [-0.4, -0.2) is 17.0 Å². The third-order valence-electron chi connectivity index (χ3n) is 3.61. The highest BCUT2D eigenvalue weighted by molar-refractivity contribution is 6.30. The summed E-state index contributed by atoms with van der Waals surface area (Å²) >= 11 is 5.65. The van der Waals surface area contributed by atoms with Crippen molar-refractivity contribution in [2.75, 3.05) is 5.32 Å². The lowest BCUT2D eigenvalue weighted by molar-refractivity contribution is -0.127. The lowest BCUT2D eigenvalue weighted by Crippen LogP contribution is -2.54. The first kappa shape index (κ1) is 14.6. The summed E-state index contributed by atoms with van der Waals surface area (Å²) in [7, 11) is 0. The number of amidine groups is 1. The number of hydrogen-bond acceptors (Lipinski definition) is 3. The number of oxime groups is 1. The first-order valence-corrected chi connectivity index (χ1v) is 6.51. The third kappa shape index (κ3) is 2.43. The second-order valence-corrected chi connectivity index (χ2v) is 5.60. The van der Waals surface area contributed by atoms with Gasteiger partial charge >= 0.3 is 0 Å². The molecule has 0 aromatic heterocycles. The van der Waals surface area contributed by atoms with E-state index in [1.165, 1.54) is 12.1 Å². The molecule has 1 aliphatic carbocycles. The smallest absolute Gasteiger partial charge is 0.238 e. The zero-order valence-electron chi connectivity index (χ0n) is 10.9. The maximum absolute atomic E-state index is 13.7. The van der Waals surface area contributed by atoms with E-state index in [2.05, 4.69) is 10.5 Å². The van der Waals surface area contributed by atoms with Crippen molar-refractivity contribution in [1.82, 2.24) is 0 Å². The van der Waals surface area contributed by atoms with E-state index in [9.17, 15) is 9.18 Å². The van der Waals surface area contributed by atoms with E-state index in [0.717, 1.165) is 6.07 Å². The molecule has 1 aliphatic rings. The van der Waals surface area contributed by atoms with Gasteiger partial charge in [-0.25, -0.2) is 4.39 Å². The molecule has 4 N–H and O–H groups in total. The molecule has 0 heterocycles. The van der Waals surface area contributed by atoms with Crippen LogP contribution in [0.3, 0.4) is 0 Å². The lowest BCUT2D eigenvalue weighted by Gasteiger charge is -2.43. The normalized spacial score (nSPS) is 25.9. The van der Waals surface area contributed by atoms with Gasteiger partial charge in [0, 0.05) is 5.02 Å². The molecule has 1 amide bonds. The number of nitrogens with two attached hydrogens (primary N) is 1. The summed E-state index contributed by atoms with van der Waals surface area (Å²) in [6, 6.07) is 3.95. The Balaban J connectivity index is 2.22. The first-order valence-electron chi connectivity index (χ1n) is 6.13. The molecule has 0 unspecified atom stereocenters. The average molecular weight is 300 g/mol. The Bertz CT molecular complexity index is 571. The molecular weight excluding hydrogens is 285 g/mol. The molecule has 2 rings (SSSR count). The highest BCUT2D eigenvalue weighted by Gasteiger charge is 2.52. The van der Waals surface area contributed by atoms with Crippen LogP contribution in [0.5, 0.6) is 0 Å². The van der Waals surface area contributed by atoms with Gasteiger partial charge in [0.05, 0.1) is 5.69 Å². The van der Waals surface area contributed by atoms with Crippen LogP contribution >= 0.6 is 11.6 Å². The van der Waals surface area contributed by atoms with Crippen molar-refractivity contribution in [1.29, 1.82) is 0 Å². The zero-order valence-corrected chi connectivity index (χ0v) is 11.6. The molecule has 7 heteroatoms. The summed E-state index contributed by atoms with van der Waals surface area (Å²) < 4.78 is 13.7. The number of amides is 1. The Kier molecular flexibility index (Phi) is 3.85. The van der Waals surface area contributed by atoms with E-state index < -0.39 is 17.1 Å². The predicted molar refractivity (Wildman–Crippen MR) is 74.3 cm³/mol. The van der Waals surface area contributed by atoms with Crippen molar-refractivity contribution in [2.45, 2.75) is 19.8 Å². The molecule has 0 saturated heterocycles. The molecule has 5 nitrogen and oxygen atoms in total. The number of benzene rings is 1. The van der Waals surface area contributed by atoms with Crippen molar-refractivity contribution in [2.24, 2.45) is 22.2 Å². The van der Waals surface area contributed by atoms with Gasteiger partial charge in [-0.1, -0.05) is 23.7 Å². The summed E-state index contributed by atoms with van der Waals surface area (Å²) in [5, 5.41) is 14.5. The summed E-state index contributed by atoms with van der Waals surface area (Å²) in [5.74, 6) is -0.974. The lowest BCUT2D eigenvalue weighted by atomic mass is 9.61. The van der Waals surface area contributed by atoms with Gasteiger partial charge in [-0.2, -0.15) is 0 Å². The second-order valence-electron chi connectivity index (χ2n) is 5.16. The molecule has 0 aliphatic heterocycles. The van der Waals surface area contributed by atoms with Gasteiger partial charge in [0.1, 0.15) is 11.2 Å². The van der Waals surface area contributed by atoms with Crippen LogP contribution in [0.2, 0.25) is 5.02 Å². The second kappa shape index (κ2) is 5.28. The van der Waals surface area contributed by atoms with Gasteiger partial charge < -0.3 is 16.3 Å². The van der Waals surface area contributed by atoms with Crippen LogP contribution in [0.15, 0.2) is 23.4 Å². The number of halogens is 2. The van der Waals surface area contributed by atoms with E-state index in [1.807, 2.05) is 6.92 Å². The maximum atomic E-state index is 13.7. The van der Waals surface area contributed by atoms with Gasteiger partial charge in [-0.15, -0.1) is 0 Å². The topological polar surface area (TPSA) is 87.7 Å². The van der Waals surface area contributed by atoms with E-state index >= 15 is 0 Å². The first-order chi connectivity index (χ1) is 9.39. The van der Waals surface area contributed by atoms with Crippen LogP contribution < -0.4 is 11.1 Å². The molecular formula is C13H15ClFN3O2. The number of hydrogen-bond donors (Lipinski definition) is 3. The molecule has 108 valence electrons. The fraction of sp³-hybridized carbons (Fsp3) is 0.385. The number of nitrogens with zero attached hydrogens (tertiary/aromatic N) is 1. The van der Waals surface area contributed by atoms with E-state index in [1.54, 1.807) is 0 Å². The minimum atomic E-state index is -1.07. The molecule has 1 aromatic rings. The summed E-state index contributed by atoms with van der Waals surface area (Å²) in [6.45, 7) is 1.96. The standard InChI is InChI=1S/C13H15ClFN3O2/c1-7-5-13(6-7,11(16)18-20)12(19)17-10-3-2-8(14)4-9(10)15/h2-4,7,20H,5-6H2,1H3,(H2,16,18)(H,17,19). The fourth-order valence-corrected chi connectivity index (χ4v) is 2.73. The maximum Gasteiger partial charge on any atom is 0.238 e. The molecule has 1 fully saturated rings. The van der Waals surface area contributed by atoms with Crippen molar-refractivity contribution < 1.29 is 14.4 Å². The molecule has 0 spiro atoms. The van der Waals surface area contributed by atoms with Crippen molar-refractivity contribution in [3.8, 4) is 0 Å². The Morgan fingerprint density at radius 3 is 2.75 bits per heavy atom. The fourth-order valence-electron chi connectivity index (χ4n) is 2.57. The minimum absolute atomic E-state index is 0.0177. The van der Waals surface area contributed by atoms with Crippen LogP contribution in [0.25, 0.3) is 0 Å².